The fraction of sp³-hybridized carbons (Fsp3) is 0.617. The lowest BCUT2D eigenvalue weighted by Gasteiger charge is -2.38. The van der Waals surface area contributed by atoms with Crippen molar-refractivity contribution in [3.8, 4) is 0 Å². The van der Waals surface area contributed by atoms with Crippen LogP contribution in [0.3, 0.4) is 0 Å². The Kier molecular flexibility index (Phi) is 17.8. The largest absolute Gasteiger partial charge is 0.481 e. The van der Waals surface area contributed by atoms with Crippen molar-refractivity contribution in [3.05, 3.63) is 96.7 Å². The molecule has 57 heavy (non-hydrogen) atoms. The number of carboxylic acids is 1. The first-order chi connectivity index (χ1) is 27.5. The summed E-state index contributed by atoms with van der Waals surface area (Å²) in [6.07, 6.45) is 33.0. The maximum atomic E-state index is 13.0. The first-order valence-corrected chi connectivity index (χ1v) is 21.2. The van der Waals surface area contributed by atoms with Crippen molar-refractivity contribution < 1.29 is 48.6 Å². The molecule has 6 heterocycles. The molecule has 7 bridgehead atoms. The lowest BCUT2D eigenvalue weighted by Crippen LogP contribution is -2.43. The summed E-state index contributed by atoms with van der Waals surface area (Å²) in [5.74, 6) is -0.875. The number of aliphatic hydroxyl groups excluding tert-OH is 2. The van der Waals surface area contributed by atoms with Crippen LogP contribution in [0.25, 0.3) is 0 Å². The third kappa shape index (κ3) is 14.1. The number of carboxylic acid groups (broad SMARTS) is 1. The fourth-order valence-corrected chi connectivity index (χ4v) is 8.40. The van der Waals surface area contributed by atoms with Gasteiger partial charge in [0.25, 0.3) is 0 Å². The molecule has 14 atom stereocenters. The number of aliphatic carboxylic acids is 1. The number of hydrogen-bond acceptors (Lipinski definition) is 9. The molecule has 0 amide bonds. The van der Waals surface area contributed by atoms with E-state index in [-0.39, 0.29) is 66.9 Å². The Labute approximate surface area is 339 Å². The Hall–Kier alpha value is -3.38. The van der Waals surface area contributed by atoms with Crippen molar-refractivity contribution in [2.75, 3.05) is 0 Å². The van der Waals surface area contributed by atoms with Crippen molar-refractivity contribution in [2.24, 2.45) is 17.8 Å². The number of aliphatic hydroxyl groups is 2. The maximum absolute atomic E-state index is 13.0. The number of rotatable bonds is 7. The highest BCUT2D eigenvalue weighted by Gasteiger charge is 2.45. The molecular weight excluding hydrogens is 725 g/mol. The van der Waals surface area contributed by atoms with Crippen LogP contribution in [-0.2, 0) is 33.3 Å². The van der Waals surface area contributed by atoms with E-state index in [1.165, 1.54) is 6.08 Å². The summed E-state index contributed by atoms with van der Waals surface area (Å²) in [7, 11) is 0. The van der Waals surface area contributed by atoms with Crippen LogP contribution in [0, 0.1) is 17.8 Å². The lowest BCUT2D eigenvalue weighted by atomic mass is 9.86. The minimum atomic E-state index is -0.777. The summed E-state index contributed by atoms with van der Waals surface area (Å²) in [5, 5.41) is 30.7. The predicted octanol–water partition coefficient (Wildman–Crippen LogP) is 7.83. The van der Waals surface area contributed by atoms with Crippen LogP contribution >= 0.6 is 0 Å². The van der Waals surface area contributed by atoms with Gasteiger partial charge in [0.1, 0.15) is 12.2 Å². The number of esters is 1. The highest BCUT2D eigenvalue weighted by Crippen LogP contribution is 2.38. The van der Waals surface area contributed by atoms with Gasteiger partial charge in [-0.1, -0.05) is 106 Å². The van der Waals surface area contributed by atoms with E-state index in [1.54, 1.807) is 12.2 Å². The van der Waals surface area contributed by atoms with Crippen LogP contribution in [0.15, 0.2) is 96.7 Å². The number of carbonyl (C=O) groups excluding carboxylic acids is 1. The topological polar surface area (TPSA) is 141 Å². The predicted molar refractivity (Wildman–Crippen MR) is 220 cm³/mol. The zero-order chi connectivity index (χ0) is 40.7. The quantitative estimate of drug-likeness (QED) is 0.133. The Morgan fingerprint density at radius 3 is 2.39 bits per heavy atom. The van der Waals surface area contributed by atoms with Gasteiger partial charge in [-0.05, 0) is 69.4 Å². The van der Waals surface area contributed by atoms with Crippen molar-refractivity contribution in [3.63, 3.8) is 0 Å². The Morgan fingerprint density at radius 2 is 1.56 bits per heavy atom. The summed E-state index contributed by atoms with van der Waals surface area (Å²) < 4.78 is 31.7. The van der Waals surface area contributed by atoms with Gasteiger partial charge in [-0.2, -0.15) is 0 Å². The van der Waals surface area contributed by atoms with Gasteiger partial charge in [-0.25, -0.2) is 4.79 Å². The fourth-order valence-electron chi connectivity index (χ4n) is 8.40. The summed E-state index contributed by atoms with van der Waals surface area (Å²) in [6.45, 7) is 8.29. The minimum absolute atomic E-state index is 0.0184. The molecule has 0 aromatic carbocycles. The number of unbranched alkanes of at least 4 members (excludes halogenated alkanes) is 1. The molecule has 0 radical (unpaired) electrons. The number of hydrogen-bond donors (Lipinski definition) is 3. The maximum Gasteiger partial charge on any atom is 0.331 e. The Balaban J connectivity index is 1.27. The molecule has 3 fully saturated rings. The molecule has 6 aliphatic heterocycles. The second kappa shape index (κ2) is 22.7. The van der Waals surface area contributed by atoms with Crippen LogP contribution in [0.2, 0.25) is 0 Å². The first kappa shape index (κ1) is 44.7. The van der Waals surface area contributed by atoms with Crippen LogP contribution in [-0.4, -0.2) is 94.4 Å². The number of allylic oxidation sites excluding steroid dienone is 7. The zero-order valence-corrected chi connectivity index (χ0v) is 34.2. The molecule has 10 heteroatoms. The average molecular weight is 791 g/mol. The van der Waals surface area contributed by atoms with E-state index in [1.807, 2.05) is 56.4 Å². The Bertz CT molecular complexity index is 1540. The third-order valence-corrected chi connectivity index (χ3v) is 11.8. The molecule has 6 rings (SSSR count). The van der Waals surface area contributed by atoms with E-state index in [0.29, 0.717) is 32.1 Å². The number of ether oxygens (including phenoxy) is 5. The van der Waals surface area contributed by atoms with E-state index in [2.05, 4.69) is 44.2 Å². The van der Waals surface area contributed by atoms with Crippen LogP contribution < -0.4 is 0 Å². The molecule has 6 aliphatic rings. The summed E-state index contributed by atoms with van der Waals surface area (Å²) in [6, 6.07) is 0. The minimum Gasteiger partial charge on any atom is -0.481 e. The molecule has 7 unspecified atom stereocenters. The molecule has 3 N–H and O–H groups in total. The molecule has 0 saturated carbocycles. The monoisotopic (exact) mass is 790 g/mol. The van der Waals surface area contributed by atoms with Crippen LogP contribution in [0.1, 0.15) is 98.3 Å². The molecule has 0 aromatic heterocycles. The first-order valence-electron chi connectivity index (χ1n) is 21.2. The van der Waals surface area contributed by atoms with E-state index < -0.39 is 36.4 Å². The van der Waals surface area contributed by atoms with Crippen molar-refractivity contribution in [1.29, 1.82) is 0 Å². The third-order valence-electron chi connectivity index (χ3n) is 11.8. The van der Waals surface area contributed by atoms with Gasteiger partial charge in [-0.15, -0.1) is 0 Å². The normalized spacial score (nSPS) is 40.9. The highest BCUT2D eigenvalue weighted by atomic mass is 16.6. The second-order valence-electron chi connectivity index (χ2n) is 16.5. The molecule has 0 aliphatic carbocycles. The van der Waals surface area contributed by atoms with Gasteiger partial charge in [-0.3, -0.25) is 4.79 Å². The van der Waals surface area contributed by atoms with Gasteiger partial charge >= 0.3 is 11.9 Å². The molecule has 3 saturated heterocycles. The SMILES string of the molecule is C/C(=C\C(C)CCCCC(=O)O)C1OC2C=CC1OC(=O)\C=C/C=C\C=C\[C@H]1OC3CC1O[C@@H](/C=C/C[C@H]1O[C@@H](CC(O)/C=C/CC/C=C/C2)C[C@H](O)[C@H]1C)[C@@H]3C. The molecule has 314 valence electrons. The van der Waals surface area contributed by atoms with Gasteiger partial charge in [0.05, 0.1) is 48.8 Å². The lowest BCUT2D eigenvalue weighted by molar-refractivity contribution is -0.148. The smallest absolute Gasteiger partial charge is 0.331 e. The molecule has 0 spiro atoms. The van der Waals surface area contributed by atoms with Gasteiger partial charge in [0, 0.05) is 37.2 Å². The van der Waals surface area contributed by atoms with E-state index >= 15 is 0 Å². The Morgan fingerprint density at radius 1 is 0.772 bits per heavy atom. The summed E-state index contributed by atoms with van der Waals surface area (Å²) in [4.78, 5) is 23.9. The second-order valence-corrected chi connectivity index (χ2v) is 16.5. The zero-order valence-electron chi connectivity index (χ0n) is 34.2. The molecule has 0 aromatic rings. The summed E-state index contributed by atoms with van der Waals surface area (Å²) >= 11 is 0. The average Bonchev–Trinajstić information content (AvgIpc) is 3.52. The van der Waals surface area contributed by atoms with Crippen molar-refractivity contribution in [2.45, 2.75) is 165 Å². The van der Waals surface area contributed by atoms with Crippen LogP contribution in [0.5, 0.6) is 0 Å². The van der Waals surface area contributed by atoms with E-state index in [4.69, 9.17) is 28.8 Å². The van der Waals surface area contributed by atoms with E-state index in [9.17, 15) is 19.8 Å². The molecular formula is C47H66O10. The molecule has 10 nitrogen and oxygen atoms in total. The summed E-state index contributed by atoms with van der Waals surface area (Å²) in [5.41, 5.74) is 0.966. The van der Waals surface area contributed by atoms with Gasteiger partial charge in [0.15, 0.2) is 6.10 Å². The number of fused-ring (bicyclic) bond motifs is 13. The standard InChI is InChI=1S/C47H66O10/c1-31(17-14-15-23-45(50)51)27-32(2)47-42-26-25-36(54-47)19-11-7-5-6-10-18-35(48)28-37-29-38(49)33(3)39(53-37)21-16-22-40-34(4)43-30-44(55-40)41(56-43)20-12-8-9-13-24-46(52)57-42/h7-13,16,18,20,22,24-27,31,33-44,47-49H,5-6,14-15,17,19,21,23,28-30H2,1-4H3,(H,50,51)/b9-8-,11-7+,18-10+,20-12+,22-16+,24-13-,32-27+/t31?,33-,34+,35?,36?,37+,38+,39-,40+,41-,42?,43?,44?,47?/m1/s1. The van der Waals surface area contributed by atoms with Gasteiger partial charge in [0.2, 0.25) is 0 Å². The van der Waals surface area contributed by atoms with Crippen molar-refractivity contribution >= 4 is 11.9 Å². The number of carbonyl (C=O) groups is 2. The highest BCUT2D eigenvalue weighted by molar-refractivity contribution is 5.82. The van der Waals surface area contributed by atoms with Gasteiger partial charge < -0.3 is 39.0 Å². The van der Waals surface area contributed by atoms with Crippen LogP contribution in [0.4, 0.5) is 0 Å². The van der Waals surface area contributed by atoms with Crippen molar-refractivity contribution in [1.82, 2.24) is 0 Å². The van der Waals surface area contributed by atoms with E-state index in [0.717, 1.165) is 37.7 Å².